The molecule has 2 fully saturated rings. The molecular formula is C20H26N2. The van der Waals surface area contributed by atoms with E-state index in [1.54, 1.807) is 0 Å². The lowest BCUT2D eigenvalue weighted by Crippen LogP contribution is -2.46. The monoisotopic (exact) mass is 294 g/mol. The molecule has 1 aromatic heterocycles. The lowest BCUT2D eigenvalue weighted by atomic mass is 9.78. The fraction of sp³-hybridized carbons (Fsp3) is 0.500. The zero-order chi connectivity index (χ0) is 14.8. The van der Waals surface area contributed by atoms with Crippen LogP contribution in [0.15, 0.2) is 36.5 Å². The summed E-state index contributed by atoms with van der Waals surface area (Å²) in [6.07, 6.45) is 15.4. The molecule has 0 amide bonds. The van der Waals surface area contributed by atoms with Crippen molar-refractivity contribution < 1.29 is 0 Å². The zero-order valence-corrected chi connectivity index (χ0v) is 13.3. The smallest absolute Gasteiger partial charge is 0.0460 e. The Morgan fingerprint density at radius 1 is 1.09 bits per heavy atom. The molecule has 2 aliphatic rings. The Hall–Kier alpha value is -1.54. The first kappa shape index (κ1) is 14.1. The van der Waals surface area contributed by atoms with Crippen LogP contribution in [0.4, 0.5) is 0 Å². The van der Waals surface area contributed by atoms with Crippen LogP contribution >= 0.6 is 0 Å². The van der Waals surface area contributed by atoms with Crippen LogP contribution in [0.5, 0.6) is 0 Å². The van der Waals surface area contributed by atoms with Crippen molar-refractivity contribution in [2.45, 2.75) is 44.6 Å². The van der Waals surface area contributed by atoms with Crippen molar-refractivity contribution in [1.29, 1.82) is 0 Å². The van der Waals surface area contributed by atoms with Gasteiger partial charge < -0.3 is 4.98 Å². The van der Waals surface area contributed by atoms with E-state index >= 15 is 0 Å². The van der Waals surface area contributed by atoms with Gasteiger partial charge in [0, 0.05) is 29.7 Å². The Balaban J connectivity index is 1.45. The number of benzene rings is 1. The normalized spacial score (nSPS) is 26.5. The third-order valence-corrected chi connectivity index (χ3v) is 5.62. The number of aromatic amines is 1. The van der Waals surface area contributed by atoms with E-state index in [0.717, 1.165) is 18.5 Å². The Bertz CT molecular complexity index is 653. The van der Waals surface area contributed by atoms with E-state index in [1.165, 1.54) is 61.5 Å². The summed E-state index contributed by atoms with van der Waals surface area (Å²) in [5.74, 6) is 0.976. The number of para-hydroxylation sites is 1. The molecule has 2 atom stereocenters. The maximum Gasteiger partial charge on any atom is 0.0460 e. The highest BCUT2D eigenvalue weighted by molar-refractivity contribution is 5.88. The number of hydrogen-bond donors (Lipinski definition) is 1. The number of H-pyrrole nitrogens is 1. The van der Waals surface area contributed by atoms with Crippen molar-refractivity contribution in [3.05, 3.63) is 42.1 Å². The van der Waals surface area contributed by atoms with E-state index in [-0.39, 0.29) is 0 Å². The molecule has 2 nitrogen and oxygen atoms in total. The number of nitrogens with zero attached hydrogens (tertiary/aromatic N) is 1. The maximum absolute atomic E-state index is 3.36. The van der Waals surface area contributed by atoms with Gasteiger partial charge in [-0.3, -0.25) is 4.90 Å². The molecule has 1 saturated carbocycles. The van der Waals surface area contributed by atoms with Gasteiger partial charge in [-0.1, -0.05) is 43.2 Å². The van der Waals surface area contributed by atoms with E-state index in [9.17, 15) is 0 Å². The average molecular weight is 294 g/mol. The summed E-state index contributed by atoms with van der Waals surface area (Å²) < 4.78 is 0. The zero-order valence-electron chi connectivity index (χ0n) is 13.3. The van der Waals surface area contributed by atoms with Gasteiger partial charge in [-0.15, -0.1) is 0 Å². The number of aromatic nitrogens is 1. The van der Waals surface area contributed by atoms with Crippen LogP contribution in [0, 0.1) is 5.92 Å². The van der Waals surface area contributed by atoms with Gasteiger partial charge in [0.25, 0.3) is 0 Å². The number of piperidine rings is 1. The van der Waals surface area contributed by atoms with Gasteiger partial charge in [0.1, 0.15) is 0 Å². The first-order valence-electron chi connectivity index (χ1n) is 8.88. The van der Waals surface area contributed by atoms with E-state index < -0.39 is 0 Å². The fourth-order valence-electron chi connectivity index (χ4n) is 4.50. The molecule has 22 heavy (non-hydrogen) atoms. The average Bonchev–Trinajstić information content (AvgIpc) is 2.99. The van der Waals surface area contributed by atoms with Gasteiger partial charge in [0.05, 0.1) is 0 Å². The van der Waals surface area contributed by atoms with Gasteiger partial charge in [0.15, 0.2) is 0 Å². The van der Waals surface area contributed by atoms with Gasteiger partial charge >= 0.3 is 0 Å². The SMILES string of the molecule is C(=C\c1c[nH]c2ccccc12)/CN1CCCC2CCCCC21. The summed E-state index contributed by atoms with van der Waals surface area (Å²) in [6, 6.07) is 9.40. The molecule has 1 aliphatic heterocycles. The Morgan fingerprint density at radius 2 is 1.95 bits per heavy atom. The minimum absolute atomic E-state index is 0.857. The summed E-state index contributed by atoms with van der Waals surface area (Å²) in [5.41, 5.74) is 2.54. The van der Waals surface area contributed by atoms with Crippen LogP contribution < -0.4 is 0 Å². The van der Waals surface area contributed by atoms with Crippen molar-refractivity contribution in [3.8, 4) is 0 Å². The number of hydrogen-bond acceptors (Lipinski definition) is 1. The van der Waals surface area contributed by atoms with E-state index in [4.69, 9.17) is 0 Å². The minimum Gasteiger partial charge on any atom is -0.361 e. The first-order valence-corrected chi connectivity index (χ1v) is 8.88. The molecule has 0 spiro atoms. The molecule has 2 heterocycles. The predicted octanol–water partition coefficient (Wildman–Crippen LogP) is 4.84. The van der Waals surface area contributed by atoms with Crippen molar-refractivity contribution in [2.75, 3.05) is 13.1 Å². The summed E-state index contributed by atoms with van der Waals surface area (Å²) in [6.45, 7) is 2.40. The third kappa shape index (κ3) is 2.72. The molecule has 1 aliphatic carbocycles. The Morgan fingerprint density at radius 3 is 2.95 bits per heavy atom. The second-order valence-corrected chi connectivity index (χ2v) is 6.94. The number of likely N-dealkylation sites (tertiary alicyclic amines) is 1. The highest BCUT2D eigenvalue weighted by Gasteiger charge is 2.32. The van der Waals surface area contributed by atoms with Crippen molar-refractivity contribution in [2.24, 2.45) is 5.92 Å². The molecule has 1 N–H and O–H groups in total. The van der Waals surface area contributed by atoms with Gasteiger partial charge in [-0.05, 0) is 49.8 Å². The lowest BCUT2D eigenvalue weighted by molar-refractivity contribution is 0.0713. The van der Waals surface area contributed by atoms with Crippen LogP contribution in [0.1, 0.15) is 44.1 Å². The second kappa shape index (κ2) is 6.29. The summed E-state index contributed by atoms with van der Waals surface area (Å²) in [4.78, 5) is 6.09. The topological polar surface area (TPSA) is 19.0 Å². The van der Waals surface area contributed by atoms with Crippen molar-refractivity contribution in [3.63, 3.8) is 0 Å². The predicted molar refractivity (Wildman–Crippen MR) is 93.9 cm³/mol. The summed E-state index contributed by atoms with van der Waals surface area (Å²) >= 11 is 0. The highest BCUT2D eigenvalue weighted by atomic mass is 15.2. The molecule has 2 unspecified atom stereocenters. The quantitative estimate of drug-likeness (QED) is 0.858. The van der Waals surface area contributed by atoms with Crippen molar-refractivity contribution >= 4 is 17.0 Å². The molecule has 2 heteroatoms. The molecule has 1 aromatic carbocycles. The van der Waals surface area contributed by atoms with Crippen LogP contribution in [0.25, 0.3) is 17.0 Å². The molecule has 1 saturated heterocycles. The molecular weight excluding hydrogens is 268 g/mol. The standard InChI is InChI=1S/C20H26N2/c1-4-12-20-16(7-1)8-5-13-22(20)14-6-9-17-15-21-19-11-3-2-10-18(17)19/h2-3,6,9-11,15-16,20-21H,1,4-5,7-8,12-14H2/b9-6+. The Kier molecular flexibility index (Phi) is 4.03. The van der Waals surface area contributed by atoms with Gasteiger partial charge in [0.2, 0.25) is 0 Å². The second-order valence-electron chi connectivity index (χ2n) is 6.94. The van der Waals surface area contributed by atoms with Crippen LogP contribution in [-0.4, -0.2) is 29.0 Å². The largest absolute Gasteiger partial charge is 0.361 e. The highest BCUT2D eigenvalue weighted by Crippen LogP contribution is 2.35. The van der Waals surface area contributed by atoms with Crippen LogP contribution in [-0.2, 0) is 0 Å². The van der Waals surface area contributed by atoms with E-state index in [2.05, 4.69) is 52.5 Å². The minimum atomic E-state index is 0.857. The number of fused-ring (bicyclic) bond motifs is 2. The Labute approximate surface area is 133 Å². The molecule has 4 rings (SSSR count). The molecule has 2 aromatic rings. The number of rotatable bonds is 3. The van der Waals surface area contributed by atoms with Crippen LogP contribution in [0.2, 0.25) is 0 Å². The fourth-order valence-corrected chi connectivity index (χ4v) is 4.50. The third-order valence-electron chi connectivity index (χ3n) is 5.62. The van der Waals surface area contributed by atoms with Crippen LogP contribution in [0.3, 0.4) is 0 Å². The summed E-state index contributed by atoms with van der Waals surface area (Å²) in [7, 11) is 0. The maximum atomic E-state index is 3.36. The molecule has 0 bridgehead atoms. The lowest BCUT2D eigenvalue weighted by Gasteiger charge is -2.43. The first-order chi connectivity index (χ1) is 10.9. The van der Waals surface area contributed by atoms with E-state index in [1.807, 2.05) is 0 Å². The number of nitrogens with one attached hydrogen (secondary N) is 1. The van der Waals surface area contributed by atoms with Gasteiger partial charge in [-0.2, -0.15) is 0 Å². The van der Waals surface area contributed by atoms with Gasteiger partial charge in [-0.25, -0.2) is 0 Å². The molecule has 0 radical (unpaired) electrons. The van der Waals surface area contributed by atoms with Crippen molar-refractivity contribution in [1.82, 2.24) is 9.88 Å². The molecule has 116 valence electrons. The summed E-state index contributed by atoms with van der Waals surface area (Å²) in [5, 5.41) is 1.33. The van der Waals surface area contributed by atoms with E-state index in [0.29, 0.717) is 0 Å².